The molecular weight excluding hydrogens is 287 g/mol. The minimum Gasteiger partial charge on any atom is -0.486 e. The highest BCUT2D eigenvalue weighted by atomic mass is 35.5. The van der Waals surface area contributed by atoms with Crippen molar-refractivity contribution in [3.05, 3.63) is 24.5 Å². The lowest BCUT2D eigenvalue weighted by Crippen LogP contribution is -2.45. The molecule has 2 saturated heterocycles. The van der Waals surface area contributed by atoms with Gasteiger partial charge in [0.15, 0.2) is 0 Å². The first-order valence-corrected chi connectivity index (χ1v) is 6.28. The number of ether oxygens (including phenoxy) is 2. The summed E-state index contributed by atoms with van der Waals surface area (Å²) in [6.45, 7) is 2.76. The van der Waals surface area contributed by atoms with E-state index in [1.165, 1.54) is 6.42 Å². The van der Waals surface area contributed by atoms with Crippen LogP contribution in [-0.2, 0) is 4.74 Å². The summed E-state index contributed by atoms with van der Waals surface area (Å²) >= 11 is 0. The smallest absolute Gasteiger partial charge is 0.138 e. The molecule has 2 fully saturated rings. The Balaban J connectivity index is 0.000000902. The number of rotatable bonds is 2. The van der Waals surface area contributed by atoms with E-state index >= 15 is 0 Å². The van der Waals surface area contributed by atoms with Crippen LogP contribution in [0.5, 0.6) is 5.75 Å². The Morgan fingerprint density at radius 3 is 3.00 bits per heavy atom. The van der Waals surface area contributed by atoms with Crippen molar-refractivity contribution < 1.29 is 9.47 Å². The summed E-state index contributed by atoms with van der Waals surface area (Å²) in [6, 6.07) is 3.83. The van der Waals surface area contributed by atoms with Crippen LogP contribution in [0.4, 0.5) is 0 Å². The third-order valence-electron chi connectivity index (χ3n) is 3.55. The van der Waals surface area contributed by atoms with E-state index in [-0.39, 0.29) is 36.5 Å². The summed E-state index contributed by atoms with van der Waals surface area (Å²) in [4.78, 5) is 4.05. The van der Waals surface area contributed by atoms with Crippen LogP contribution in [0.1, 0.15) is 19.3 Å². The van der Waals surface area contributed by atoms with Gasteiger partial charge in [-0.2, -0.15) is 0 Å². The van der Waals surface area contributed by atoms with Crippen LogP contribution < -0.4 is 10.1 Å². The first kappa shape index (κ1) is 16.5. The molecule has 3 rings (SSSR count). The standard InChI is InChI=1S/C13H18N2O2.2ClH/c1-3-11(8-14-5-1)17-12-7-13(16-9-12)4-2-6-15-10-13;;/h1,3,5,8,12,15H,2,4,6-7,9-10H2;2*1H/t12-,13+;;/m0../s1. The number of aromatic nitrogens is 1. The van der Waals surface area contributed by atoms with E-state index < -0.39 is 0 Å². The Kier molecular flexibility index (Phi) is 6.33. The number of pyridine rings is 1. The molecule has 1 aromatic heterocycles. The maximum atomic E-state index is 5.96. The maximum Gasteiger partial charge on any atom is 0.138 e. The summed E-state index contributed by atoms with van der Waals surface area (Å²) in [5, 5.41) is 3.41. The third kappa shape index (κ3) is 3.96. The quantitative estimate of drug-likeness (QED) is 0.910. The van der Waals surface area contributed by atoms with Crippen molar-refractivity contribution in [2.75, 3.05) is 19.7 Å². The lowest BCUT2D eigenvalue weighted by molar-refractivity contribution is -0.0153. The molecule has 0 unspecified atom stereocenters. The zero-order valence-corrected chi connectivity index (χ0v) is 12.3. The molecule has 1 aromatic rings. The van der Waals surface area contributed by atoms with Crippen LogP contribution in [0, 0.1) is 0 Å². The van der Waals surface area contributed by atoms with Crippen molar-refractivity contribution in [3.63, 3.8) is 0 Å². The summed E-state index contributed by atoms with van der Waals surface area (Å²) < 4.78 is 11.8. The second-order valence-corrected chi connectivity index (χ2v) is 4.91. The lowest BCUT2D eigenvalue weighted by atomic mass is 9.90. The van der Waals surface area contributed by atoms with Gasteiger partial charge in [0.2, 0.25) is 0 Å². The van der Waals surface area contributed by atoms with Crippen molar-refractivity contribution in [2.45, 2.75) is 31.0 Å². The van der Waals surface area contributed by atoms with E-state index in [2.05, 4.69) is 10.3 Å². The van der Waals surface area contributed by atoms with Crippen molar-refractivity contribution in [2.24, 2.45) is 0 Å². The fourth-order valence-electron chi connectivity index (χ4n) is 2.73. The molecule has 4 nitrogen and oxygen atoms in total. The van der Waals surface area contributed by atoms with Crippen LogP contribution in [0.15, 0.2) is 24.5 Å². The van der Waals surface area contributed by atoms with Gasteiger partial charge in [-0.3, -0.25) is 4.98 Å². The molecule has 6 heteroatoms. The van der Waals surface area contributed by atoms with Gasteiger partial charge in [0, 0.05) is 19.2 Å². The van der Waals surface area contributed by atoms with E-state index in [1.54, 1.807) is 12.4 Å². The molecule has 0 aromatic carbocycles. The van der Waals surface area contributed by atoms with E-state index in [0.717, 1.165) is 31.7 Å². The highest BCUT2D eigenvalue weighted by Gasteiger charge is 2.42. The van der Waals surface area contributed by atoms with Gasteiger partial charge in [0.05, 0.1) is 18.4 Å². The van der Waals surface area contributed by atoms with Gasteiger partial charge < -0.3 is 14.8 Å². The summed E-state index contributed by atoms with van der Waals surface area (Å²) in [5.74, 6) is 0.835. The van der Waals surface area contributed by atoms with Crippen LogP contribution in [0.3, 0.4) is 0 Å². The van der Waals surface area contributed by atoms with Gasteiger partial charge in [-0.15, -0.1) is 24.8 Å². The molecule has 1 spiro atoms. The normalized spacial score (nSPS) is 29.4. The number of hydrogen-bond donors (Lipinski definition) is 1. The van der Waals surface area contributed by atoms with Crippen molar-refractivity contribution in [1.82, 2.24) is 10.3 Å². The average molecular weight is 307 g/mol. The lowest BCUT2D eigenvalue weighted by Gasteiger charge is -2.32. The largest absolute Gasteiger partial charge is 0.486 e. The van der Waals surface area contributed by atoms with Crippen molar-refractivity contribution in [3.8, 4) is 5.75 Å². The minimum atomic E-state index is 0. The van der Waals surface area contributed by atoms with Gasteiger partial charge in [0.25, 0.3) is 0 Å². The molecule has 3 heterocycles. The van der Waals surface area contributed by atoms with Crippen molar-refractivity contribution in [1.29, 1.82) is 0 Å². The SMILES string of the molecule is Cl.Cl.c1cncc(O[C@@H]2CO[C@]3(CCCNC3)C2)c1. The molecule has 2 atom stereocenters. The van der Waals surface area contributed by atoms with Gasteiger partial charge in [0.1, 0.15) is 11.9 Å². The number of nitrogens with zero attached hydrogens (tertiary/aromatic N) is 1. The zero-order valence-electron chi connectivity index (χ0n) is 10.7. The van der Waals surface area contributed by atoms with E-state index in [9.17, 15) is 0 Å². The molecule has 0 amide bonds. The molecule has 0 aliphatic carbocycles. The maximum absolute atomic E-state index is 5.96. The topological polar surface area (TPSA) is 43.4 Å². The van der Waals surface area contributed by atoms with Gasteiger partial charge >= 0.3 is 0 Å². The Bertz CT molecular complexity index is 372. The Hall–Kier alpha value is -0.550. The average Bonchev–Trinajstić information content (AvgIpc) is 2.74. The predicted octanol–water partition coefficient (Wildman–Crippen LogP) is 2.22. The second-order valence-electron chi connectivity index (χ2n) is 4.91. The van der Waals surface area contributed by atoms with Gasteiger partial charge in [-0.1, -0.05) is 0 Å². The van der Waals surface area contributed by atoms with Crippen molar-refractivity contribution >= 4 is 24.8 Å². The number of hydrogen-bond acceptors (Lipinski definition) is 4. The van der Waals surface area contributed by atoms with E-state index in [0.29, 0.717) is 6.61 Å². The Morgan fingerprint density at radius 2 is 2.32 bits per heavy atom. The molecule has 19 heavy (non-hydrogen) atoms. The minimum absolute atomic E-state index is 0. The van der Waals surface area contributed by atoms with E-state index in [4.69, 9.17) is 9.47 Å². The van der Waals surface area contributed by atoms with Gasteiger partial charge in [-0.05, 0) is 31.5 Å². The fourth-order valence-corrected chi connectivity index (χ4v) is 2.73. The highest BCUT2D eigenvalue weighted by Crippen LogP contribution is 2.33. The molecule has 1 N–H and O–H groups in total. The molecule has 2 aliphatic heterocycles. The van der Waals surface area contributed by atoms with Crippen LogP contribution >= 0.6 is 24.8 Å². The third-order valence-corrected chi connectivity index (χ3v) is 3.55. The first-order valence-electron chi connectivity index (χ1n) is 6.28. The zero-order chi connectivity index (χ0) is 11.6. The molecule has 0 radical (unpaired) electrons. The Morgan fingerprint density at radius 1 is 1.42 bits per heavy atom. The molecule has 2 aliphatic rings. The van der Waals surface area contributed by atoms with Crippen LogP contribution in [0.25, 0.3) is 0 Å². The van der Waals surface area contributed by atoms with Crippen LogP contribution in [-0.4, -0.2) is 36.4 Å². The van der Waals surface area contributed by atoms with Gasteiger partial charge in [-0.25, -0.2) is 0 Å². The summed E-state index contributed by atoms with van der Waals surface area (Å²) in [6.07, 6.45) is 7.00. The molecular formula is C13H20Cl2N2O2. The molecule has 0 saturated carbocycles. The Labute approximate surface area is 126 Å². The summed E-state index contributed by atoms with van der Waals surface area (Å²) in [5.41, 5.74) is 0.0190. The number of halogens is 2. The summed E-state index contributed by atoms with van der Waals surface area (Å²) in [7, 11) is 0. The monoisotopic (exact) mass is 306 g/mol. The highest BCUT2D eigenvalue weighted by molar-refractivity contribution is 5.85. The fraction of sp³-hybridized carbons (Fsp3) is 0.615. The number of piperidine rings is 1. The molecule has 0 bridgehead atoms. The molecule has 108 valence electrons. The first-order chi connectivity index (χ1) is 8.36. The number of nitrogens with one attached hydrogen (secondary N) is 1. The van der Waals surface area contributed by atoms with Crippen LogP contribution in [0.2, 0.25) is 0 Å². The van der Waals surface area contributed by atoms with E-state index in [1.807, 2.05) is 12.1 Å². The second kappa shape index (κ2) is 7.29. The predicted molar refractivity (Wildman–Crippen MR) is 78.6 cm³/mol.